The van der Waals surface area contributed by atoms with E-state index in [1.807, 2.05) is 24.3 Å². The Balaban J connectivity index is 1.59. The molecule has 5 heteroatoms. The van der Waals surface area contributed by atoms with Gasteiger partial charge in [-0.3, -0.25) is 4.79 Å². The van der Waals surface area contributed by atoms with Crippen molar-refractivity contribution in [1.29, 1.82) is 0 Å². The molecular weight excluding hydrogens is 292 g/mol. The van der Waals surface area contributed by atoms with Crippen LogP contribution in [0.15, 0.2) is 36.4 Å². The fraction of sp³-hybridized carbons (Fsp3) is 0.278. The van der Waals surface area contributed by atoms with Gasteiger partial charge in [0.25, 0.3) is 5.91 Å². The van der Waals surface area contributed by atoms with Gasteiger partial charge in [0.2, 0.25) is 0 Å². The number of carbonyl (C=O) groups excluding carboxylic acids is 1. The zero-order valence-corrected chi connectivity index (χ0v) is 12.7. The van der Waals surface area contributed by atoms with Crippen LogP contribution in [0.1, 0.15) is 22.3 Å². The molecule has 0 spiro atoms. The summed E-state index contributed by atoms with van der Waals surface area (Å²) in [6, 6.07) is 11.3. The molecule has 0 bridgehead atoms. The van der Waals surface area contributed by atoms with Crippen LogP contribution in [0.2, 0.25) is 0 Å². The number of hydrogen-bond donors (Lipinski definition) is 2. The first-order chi connectivity index (χ1) is 11.3. The smallest absolute Gasteiger partial charge is 0.259 e. The van der Waals surface area contributed by atoms with Crippen molar-refractivity contribution in [3.05, 3.63) is 47.5 Å². The van der Waals surface area contributed by atoms with E-state index in [0.717, 1.165) is 30.8 Å². The second kappa shape index (κ2) is 5.83. The Morgan fingerprint density at radius 3 is 3.00 bits per heavy atom. The Kier molecular flexibility index (Phi) is 3.54. The molecule has 0 unspecified atom stereocenters. The lowest BCUT2D eigenvalue weighted by Gasteiger charge is -2.21. The highest BCUT2D eigenvalue weighted by Crippen LogP contribution is 2.34. The number of nitrogens with one attached hydrogen (secondary N) is 2. The first-order valence-electron chi connectivity index (χ1n) is 7.88. The van der Waals surface area contributed by atoms with Crippen molar-refractivity contribution >= 4 is 17.3 Å². The lowest BCUT2D eigenvalue weighted by atomic mass is 10.0. The largest absolute Gasteiger partial charge is 0.486 e. The molecule has 2 aromatic rings. The molecule has 0 atom stereocenters. The number of para-hydroxylation sites is 1. The molecule has 0 saturated heterocycles. The number of fused-ring (bicyclic) bond motifs is 2. The van der Waals surface area contributed by atoms with Gasteiger partial charge in [0, 0.05) is 17.9 Å². The second-order valence-electron chi connectivity index (χ2n) is 5.69. The molecule has 4 rings (SSSR count). The van der Waals surface area contributed by atoms with Gasteiger partial charge in [-0.05, 0) is 48.7 Å². The van der Waals surface area contributed by atoms with Crippen LogP contribution in [0.5, 0.6) is 11.5 Å². The van der Waals surface area contributed by atoms with Gasteiger partial charge in [-0.15, -0.1) is 0 Å². The first kappa shape index (κ1) is 13.9. The van der Waals surface area contributed by atoms with E-state index in [0.29, 0.717) is 30.3 Å². The van der Waals surface area contributed by atoms with E-state index >= 15 is 0 Å². The van der Waals surface area contributed by atoms with Gasteiger partial charge in [-0.2, -0.15) is 0 Å². The van der Waals surface area contributed by atoms with Crippen molar-refractivity contribution in [1.82, 2.24) is 0 Å². The summed E-state index contributed by atoms with van der Waals surface area (Å²) in [7, 11) is 0. The molecule has 2 aliphatic rings. The molecule has 0 aromatic heterocycles. The zero-order valence-electron chi connectivity index (χ0n) is 12.7. The summed E-state index contributed by atoms with van der Waals surface area (Å²) in [6.07, 6.45) is 2.14. The van der Waals surface area contributed by atoms with Gasteiger partial charge in [-0.25, -0.2) is 0 Å². The van der Waals surface area contributed by atoms with Crippen molar-refractivity contribution < 1.29 is 14.3 Å². The molecule has 118 valence electrons. The number of aryl methyl sites for hydroxylation is 1. The van der Waals surface area contributed by atoms with Crippen LogP contribution in [0.4, 0.5) is 11.4 Å². The number of anilines is 2. The molecule has 2 N–H and O–H groups in total. The SMILES string of the molecule is O=C(Nc1ccc2c(c1)CCCN2)c1cccc2c1OCCO2. The van der Waals surface area contributed by atoms with E-state index in [4.69, 9.17) is 9.47 Å². The summed E-state index contributed by atoms with van der Waals surface area (Å²) >= 11 is 0. The van der Waals surface area contributed by atoms with Crippen LogP contribution in [-0.2, 0) is 6.42 Å². The molecule has 2 aromatic carbocycles. The van der Waals surface area contributed by atoms with Gasteiger partial charge >= 0.3 is 0 Å². The normalized spacial score (nSPS) is 15.3. The van der Waals surface area contributed by atoms with Crippen molar-refractivity contribution in [2.24, 2.45) is 0 Å². The van der Waals surface area contributed by atoms with Gasteiger partial charge < -0.3 is 20.1 Å². The average Bonchev–Trinajstić information content (AvgIpc) is 2.61. The third-order valence-corrected chi connectivity index (χ3v) is 4.11. The average molecular weight is 310 g/mol. The quantitative estimate of drug-likeness (QED) is 0.895. The van der Waals surface area contributed by atoms with E-state index in [1.165, 1.54) is 5.56 Å². The van der Waals surface area contributed by atoms with Gasteiger partial charge in [0.15, 0.2) is 11.5 Å². The summed E-state index contributed by atoms with van der Waals surface area (Å²) < 4.78 is 11.1. The van der Waals surface area contributed by atoms with Crippen molar-refractivity contribution in [2.75, 3.05) is 30.4 Å². The first-order valence-corrected chi connectivity index (χ1v) is 7.88. The maximum atomic E-state index is 12.6. The van der Waals surface area contributed by atoms with E-state index in [1.54, 1.807) is 12.1 Å². The number of hydrogen-bond acceptors (Lipinski definition) is 4. The van der Waals surface area contributed by atoms with Crippen LogP contribution in [-0.4, -0.2) is 25.7 Å². The maximum absolute atomic E-state index is 12.6. The van der Waals surface area contributed by atoms with Gasteiger partial charge in [0.05, 0.1) is 5.56 Å². The fourth-order valence-electron chi connectivity index (χ4n) is 3.00. The van der Waals surface area contributed by atoms with E-state index in [-0.39, 0.29) is 5.91 Å². The number of ether oxygens (including phenoxy) is 2. The minimum Gasteiger partial charge on any atom is -0.486 e. The summed E-state index contributed by atoms with van der Waals surface area (Å²) in [5, 5.41) is 6.32. The number of amides is 1. The van der Waals surface area contributed by atoms with Crippen LogP contribution < -0.4 is 20.1 Å². The Hall–Kier alpha value is -2.69. The molecular formula is C18H18N2O3. The lowest BCUT2D eigenvalue weighted by molar-refractivity contribution is 0.101. The Morgan fingerprint density at radius 2 is 2.04 bits per heavy atom. The second-order valence-corrected chi connectivity index (χ2v) is 5.69. The Morgan fingerprint density at radius 1 is 1.13 bits per heavy atom. The molecule has 5 nitrogen and oxygen atoms in total. The molecule has 0 saturated carbocycles. The molecule has 0 fully saturated rings. The Bertz CT molecular complexity index is 758. The predicted octanol–water partition coefficient (Wildman–Crippen LogP) is 3.07. The van der Waals surface area contributed by atoms with Crippen LogP contribution >= 0.6 is 0 Å². The summed E-state index contributed by atoms with van der Waals surface area (Å²) in [4.78, 5) is 12.6. The highest BCUT2D eigenvalue weighted by atomic mass is 16.6. The predicted molar refractivity (Wildman–Crippen MR) is 88.6 cm³/mol. The van der Waals surface area contributed by atoms with E-state index in [9.17, 15) is 4.79 Å². The lowest BCUT2D eigenvalue weighted by Crippen LogP contribution is -2.20. The van der Waals surface area contributed by atoms with Crippen molar-refractivity contribution in [3.8, 4) is 11.5 Å². The minimum absolute atomic E-state index is 0.184. The van der Waals surface area contributed by atoms with Gasteiger partial charge in [0.1, 0.15) is 13.2 Å². The molecule has 0 radical (unpaired) electrons. The van der Waals surface area contributed by atoms with Crippen LogP contribution in [0.25, 0.3) is 0 Å². The topological polar surface area (TPSA) is 59.6 Å². The van der Waals surface area contributed by atoms with Crippen molar-refractivity contribution in [3.63, 3.8) is 0 Å². The third-order valence-electron chi connectivity index (χ3n) is 4.11. The highest BCUT2D eigenvalue weighted by Gasteiger charge is 2.20. The van der Waals surface area contributed by atoms with Crippen LogP contribution in [0.3, 0.4) is 0 Å². The molecule has 23 heavy (non-hydrogen) atoms. The standard InChI is InChI=1S/C18H18N2O3/c21-18(14-4-1-5-16-17(14)23-10-9-22-16)20-13-6-7-15-12(11-13)3-2-8-19-15/h1,4-7,11,19H,2-3,8-10H2,(H,20,21). The molecule has 2 aliphatic heterocycles. The molecule has 0 aliphatic carbocycles. The number of rotatable bonds is 2. The highest BCUT2D eigenvalue weighted by molar-refractivity contribution is 6.06. The van der Waals surface area contributed by atoms with Crippen molar-refractivity contribution in [2.45, 2.75) is 12.8 Å². The molecule has 2 heterocycles. The summed E-state index contributed by atoms with van der Waals surface area (Å²) in [5.74, 6) is 0.963. The summed E-state index contributed by atoms with van der Waals surface area (Å²) in [5.41, 5.74) is 3.69. The number of benzene rings is 2. The monoisotopic (exact) mass is 310 g/mol. The molecule has 1 amide bonds. The van der Waals surface area contributed by atoms with Gasteiger partial charge in [-0.1, -0.05) is 6.07 Å². The third kappa shape index (κ3) is 2.70. The minimum atomic E-state index is -0.184. The zero-order chi connectivity index (χ0) is 15.6. The maximum Gasteiger partial charge on any atom is 0.259 e. The fourth-order valence-corrected chi connectivity index (χ4v) is 3.00. The Labute approximate surface area is 134 Å². The summed E-state index contributed by atoms with van der Waals surface area (Å²) in [6.45, 7) is 1.98. The van der Waals surface area contributed by atoms with Crippen LogP contribution in [0, 0.1) is 0 Å². The van der Waals surface area contributed by atoms with E-state index < -0.39 is 0 Å². The van der Waals surface area contributed by atoms with E-state index in [2.05, 4.69) is 10.6 Å². The number of carbonyl (C=O) groups is 1.